The zero-order chi connectivity index (χ0) is 28.8. The maximum atomic E-state index is 13.4. The molecule has 3 aromatic rings. The van der Waals surface area contributed by atoms with Gasteiger partial charge in [0, 0.05) is 73.5 Å². The molecule has 2 aromatic heterocycles. The standard InChI is InChI=1S/C30H34ClN5O4S/c1-40-23-17-26(28(37)33-13-10-22-6-2-4-12-32-22)36(19-23)30(39)34-18-21-9-8-20(16-24(21)31)29(38)35-14-5-3-7-27-25(35)11-15-41-27/h2,4,6,8-9,11-12,15-16,23,26H,3,5,7,10,13-14,17-19H2,1H3,(H,33,37)(H,34,39)/t23-,26+/m1/s1. The van der Waals surface area contributed by atoms with Crippen LogP contribution in [0, 0.1) is 0 Å². The molecule has 0 unspecified atom stereocenters. The zero-order valence-electron chi connectivity index (χ0n) is 23.0. The van der Waals surface area contributed by atoms with Gasteiger partial charge in [-0.15, -0.1) is 11.3 Å². The quantitative estimate of drug-likeness (QED) is 0.401. The number of pyridine rings is 1. The summed E-state index contributed by atoms with van der Waals surface area (Å²) in [4.78, 5) is 48.4. The Morgan fingerprint density at radius 2 is 2.02 bits per heavy atom. The third kappa shape index (κ3) is 6.89. The topological polar surface area (TPSA) is 104 Å². The Balaban J connectivity index is 1.19. The minimum Gasteiger partial charge on any atom is -0.380 e. The number of hydrogen-bond donors (Lipinski definition) is 2. The van der Waals surface area contributed by atoms with E-state index in [1.807, 2.05) is 34.5 Å². The molecule has 4 heterocycles. The number of aryl methyl sites for hydroxylation is 1. The summed E-state index contributed by atoms with van der Waals surface area (Å²) in [5.41, 5.74) is 3.06. The maximum absolute atomic E-state index is 13.4. The van der Waals surface area contributed by atoms with E-state index in [1.54, 1.807) is 42.8 Å². The van der Waals surface area contributed by atoms with E-state index in [0.717, 1.165) is 30.6 Å². The highest BCUT2D eigenvalue weighted by atomic mass is 35.5. The summed E-state index contributed by atoms with van der Waals surface area (Å²) in [6.45, 7) is 1.56. The highest BCUT2D eigenvalue weighted by Gasteiger charge is 2.39. The highest BCUT2D eigenvalue weighted by molar-refractivity contribution is 7.10. The van der Waals surface area contributed by atoms with Crippen LogP contribution in [0.2, 0.25) is 5.02 Å². The average molecular weight is 596 g/mol. The van der Waals surface area contributed by atoms with E-state index in [2.05, 4.69) is 15.6 Å². The van der Waals surface area contributed by atoms with Crippen molar-refractivity contribution in [3.63, 3.8) is 0 Å². The number of fused-ring (bicyclic) bond motifs is 1. The first kappa shape index (κ1) is 29.0. The number of benzene rings is 1. The summed E-state index contributed by atoms with van der Waals surface area (Å²) >= 11 is 8.26. The zero-order valence-corrected chi connectivity index (χ0v) is 24.5. The molecule has 0 spiro atoms. The summed E-state index contributed by atoms with van der Waals surface area (Å²) in [6.07, 6.45) is 5.51. The van der Waals surface area contributed by atoms with E-state index >= 15 is 0 Å². The first-order valence-electron chi connectivity index (χ1n) is 13.9. The Hall–Kier alpha value is -3.47. The van der Waals surface area contributed by atoms with Gasteiger partial charge in [0.15, 0.2) is 0 Å². The lowest BCUT2D eigenvalue weighted by molar-refractivity contribution is -0.124. The molecule has 0 bridgehead atoms. The molecule has 11 heteroatoms. The summed E-state index contributed by atoms with van der Waals surface area (Å²) in [5, 5.41) is 8.24. The minimum atomic E-state index is -0.644. The van der Waals surface area contributed by atoms with Crippen LogP contribution in [-0.4, -0.2) is 66.6 Å². The van der Waals surface area contributed by atoms with Gasteiger partial charge in [-0.1, -0.05) is 23.7 Å². The molecule has 0 aliphatic carbocycles. The SMILES string of the molecule is CO[C@@H]1C[C@@H](C(=O)NCCc2ccccn2)N(C(=O)NCc2ccc(C(=O)N3CCCCc4sccc43)cc2Cl)C1. The second kappa shape index (κ2) is 13.5. The Morgan fingerprint density at radius 1 is 1.15 bits per heavy atom. The van der Waals surface area contributed by atoms with Crippen molar-refractivity contribution in [1.82, 2.24) is 20.5 Å². The summed E-state index contributed by atoms with van der Waals surface area (Å²) in [5.74, 6) is -0.303. The van der Waals surface area contributed by atoms with Gasteiger partial charge in [-0.05, 0) is 60.5 Å². The Kier molecular flexibility index (Phi) is 9.53. The largest absolute Gasteiger partial charge is 0.380 e. The van der Waals surface area contributed by atoms with E-state index in [4.69, 9.17) is 16.3 Å². The number of nitrogens with one attached hydrogen (secondary N) is 2. The molecule has 2 aliphatic heterocycles. The Labute approximate surface area is 248 Å². The van der Waals surface area contributed by atoms with Crippen LogP contribution in [0.1, 0.15) is 45.8 Å². The lowest BCUT2D eigenvalue weighted by Gasteiger charge is -2.24. The van der Waals surface area contributed by atoms with Crippen LogP contribution in [0.15, 0.2) is 54.0 Å². The molecule has 2 N–H and O–H groups in total. The van der Waals surface area contributed by atoms with Crippen LogP contribution in [0.5, 0.6) is 0 Å². The number of urea groups is 1. The highest BCUT2D eigenvalue weighted by Crippen LogP contribution is 2.32. The van der Waals surface area contributed by atoms with Gasteiger partial charge in [0.05, 0.1) is 11.8 Å². The molecule has 0 saturated carbocycles. The van der Waals surface area contributed by atoms with E-state index in [-0.39, 0.29) is 30.5 Å². The van der Waals surface area contributed by atoms with Gasteiger partial charge in [-0.25, -0.2) is 4.79 Å². The Bertz CT molecular complexity index is 1380. The fraction of sp³-hybridized carbons (Fsp3) is 0.400. The van der Waals surface area contributed by atoms with Gasteiger partial charge < -0.3 is 25.2 Å². The van der Waals surface area contributed by atoms with Gasteiger partial charge in [0.1, 0.15) is 6.04 Å². The number of rotatable bonds is 8. The molecule has 4 amide bonds. The van der Waals surface area contributed by atoms with Gasteiger partial charge in [-0.3, -0.25) is 14.6 Å². The smallest absolute Gasteiger partial charge is 0.318 e. The second-order valence-corrected chi connectivity index (χ2v) is 11.6. The van der Waals surface area contributed by atoms with Gasteiger partial charge in [-0.2, -0.15) is 0 Å². The van der Waals surface area contributed by atoms with Crippen LogP contribution >= 0.6 is 22.9 Å². The van der Waals surface area contributed by atoms with Crippen LogP contribution in [0.4, 0.5) is 10.5 Å². The number of nitrogens with zero attached hydrogens (tertiary/aromatic N) is 3. The number of halogens is 1. The number of aromatic nitrogens is 1. The van der Waals surface area contributed by atoms with Crippen molar-refractivity contribution >= 4 is 46.5 Å². The van der Waals surface area contributed by atoms with E-state index in [1.165, 1.54) is 9.78 Å². The van der Waals surface area contributed by atoms with Crippen LogP contribution in [-0.2, 0) is 28.9 Å². The number of anilines is 1. The van der Waals surface area contributed by atoms with Gasteiger partial charge >= 0.3 is 6.03 Å². The van der Waals surface area contributed by atoms with E-state index < -0.39 is 6.04 Å². The maximum Gasteiger partial charge on any atom is 0.318 e. The van der Waals surface area contributed by atoms with Crippen molar-refractivity contribution in [2.45, 2.75) is 50.8 Å². The van der Waals surface area contributed by atoms with E-state index in [0.29, 0.717) is 48.6 Å². The molecular formula is C30H34ClN5O4S. The normalized spacial score (nSPS) is 18.5. The fourth-order valence-corrected chi connectivity index (χ4v) is 6.49. The third-order valence-electron chi connectivity index (χ3n) is 7.59. The number of likely N-dealkylation sites (tertiary alicyclic amines) is 1. The summed E-state index contributed by atoms with van der Waals surface area (Å²) in [6, 6.07) is 11.8. The minimum absolute atomic E-state index is 0.0800. The lowest BCUT2D eigenvalue weighted by atomic mass is 10.1. The van der Waals surface area contributed by atoms with Crippen LogP contribution in [0.3, 0.4) is 0 Å². The average Bonchev–Trinajstić information content (AvgIpc) is 3.59. The number of carbonyl (C=O) groups excluding carboxylic acids is 3. The number of ether oxygens (including phenoxy) is 1. The van der Waals surface area contributed by atoms with Crippen molar-refractivity contribution in [2.24, 2.45) is 0 Å². The number of thiophene rings is 1. The second-order valence-electron chi connectivity index (χ2n) is 10.2. The van der Waals surface area contributed by atoms with E-state index in [9.17, 15) is 14.4 Å². The number of amides is 4. The molecule has 2 aliphatic rings. The first-order valence-corrected chi connectivity index (χ1v) is 15.1. The molecule has 5 rings (SSSR count). The first-order chi connectivity index (χ1) is 19.9. The van der Waals surface area contributed by atoms with Gasteiger partial charge in [0.2, 0.25) is 5.91 Å². The fourth-order valence-electron chi connectivity index (χ4n) is 5.32. The molecule has 2 atom stereocenters. The third-order valence-corrected chi connectivity index (χ3v) is 8.91. The summed E-state index contributed by atoms with van der Waals surface area (Å²) < 4.78 is 5.47. The summed E-state index contributed by atoms with van der Waals surface area (Å²) in [7, 11) is 1.58. The van der Waals surface area contributed by atoms with Crippen LogP contribution in [0.25, 0.3) is 0 Å². The van der Waals surface area contributed by atoms with Crippen molar-refractivity contribution in [3.8, 4) is 0 Å². The predicted molar refractivity (Wildman–Crippen MR) is 159 cm³/mol. The van der Waals surface area contributed by atoms with Crippen molar-refractivity contribution < 1.29 is 19.1 Å². The Morgan fingerprint density at radius 3 is 2.80 bits per heavy atom. The predicted octanol–water partition coefficient (Wildman–Crippen LogP) is 4.44. The number of hydrogen-bond acceptors (Lipinski definition) is 6. The molecule has 0 radical (unpaired) electrons. The molecule has 216 valence electrons. The monoisotopic (exact) mass is 595 g/mol. The number of carbonyl (C=O) groups is 3. The number of methoxy groups -OCH3 is 1. The van der Waals surface area contributed by atoms with Crippen molar-refractivity contribution in [2.75, 3.05) is 31.6 Å². The molecular weight excluding hydrogens is 562 g/mol. The molecule has 1 aromatic carbocycles. The lowest BCUT2D eigenvalue weighted by Crippen LogP contribution is -2.49. The molecule has 9 nitrogen and oxygen atoms in total. The van der Waals surface area contributed by atoms with Gasteiger partial charge in [0.25, 0.3) is 5.91 Å². The van der Waals surface area contributed by atoms with Crippen molar-refractivity contribution in [1.29, 1.82) is 0 Å². The van der Waals surface area contributed by atoms with Crippen LogP contribution < -0.4 is 15.5 Å². The van der Waals surface area contributed by atoms with Crippen molar-refractivity contribution in [3.05, 3.63) is 80.8 Å². The molecule has 1 saturated heterocycles. The molecule has 1 fully saturated rings. The molecule has 41 heavy (non-hydrogen) atoms.